The first-order valence-electron chi connectivity index (χ1n) is 5.44. The number of benzene rings is 2. The molecule has 0 radical (unpaired) electrons. The van der Waals surface area contributed by atoms with E-state index in [0.29, 0.717) is 15.6 Å². The highest BCUT2D eigenvalue weighted by Crippen LogP contribution is 2.40. The van der Waals surface area contributed by atoms with E-state index in [9.17, 15) is 4.39 Å². The minimum atomic E-state index is -0.302. The average molecular weight is 427 g/mol. The van der Waals surface area contributed by atoms with Gasteiger partial charge in [0.25, 0.3) is 0 Å². The Balaban J connectivity index is 2.49. The molecule has 19 heavy (non-hydrogen) atoms. The maximum absolute atomic E-state index is 13.4. The maximum Gasteiger partial charge on any atom is 0.127 e. The van der Waals surface area contributed by atoms with Crippen molar-refractivity contribution in [3.63, 3.8) is 0 Å². The summed E-state index contributed by atoms with van der Waals surface area (Å²) in [6.45, 7) is 1.71. The Hall–Kier alpha value is -0.0900. The van der Waals surface area contributed by atoms with Crippen LogP contribution in [-0.4, -0.2) is 0 Å². The Morgan fingerprint density at radius 3 is 2.42 bits per heavy atom. The molecule has 0 N–H and O–H groups in total. The van der Waals surface area contributed by atoms with E-state index in [-0.39, 0.29) is 10.6 Å². The van der Waals surface area contributed by atoms with Crippen LogP contribution in [0.5, 0.6) is 0 Å². The lowest BCUT2D eigenvalue weighted by atomic mass is 10.0. The normalized spacial score (nSPS) is 12.5. The molecule has 5 heteroatoms. The molecule has 2 aromatic carbocycles. The third-order valence-corrected chi connectivity index (χ3v) is 5.02. The molecule has 0 fully saturated rings. The van der Waals surface area contributed by atoms with Crippen molar-refractivity contribution in [2.75, 3.05) is 0 Å². The number of aryl methyl sites for hydroxylation is 1. The Bertz CT molecular complexity index is 629. The molecule has 0 heterocycles. The molecule has 0 aliphatic carbocycles. The van der Waals surface area contributed by atoms with Crippen LogP contribution in [0.4, 0.5) is 4.39 Å². The zero-order valence-corrected chi connectivity index (χ0v) is 14.5. The van der Waals surface area contributed by atoms with E-state index >= 15 is 0 Å². The lowest BCUT2D eigenvalue weighted by Crippen LogP contribution is -1.97. The van der Waals surface area contributed by atoms with E-state index in [1.807, 2.05) is 12.1 Å². The molecule has 1 unspecified atom stereocenters. The summed E-state index contributed by atoms with van der Waals surface area (Å²) in [6, 6.07) is 8.61. The number of hydrogen-bond acceptors (Lipinski definition) is 0. The van der Waals surface area contributed by atoms with Gasteiger partial charge in [0.15, 0.2) is 0 Å². The predicted octanol–water partition coefficient (Wildman–Crippen LogP) is 6.69. The molecule has 0 bridgehead atoms. The standard InChI is InChI=1S/C14H9Br2Cl2F/c1-7-4-10(12(18)6-13(7)19)14(16)9-3-2-8(17)5-11(9)15/h2-6,14H,1H3. The zero-order chi connectivity index (χ0) is 14.2. The molecule has 2 rings (SSSR count). The van der Waals surface area contributed by atoms with E-state index in [1.165, 1.54) is 6.07 Å². The third-order valence-electron chi connectivity index (χ3n) is 2.79. The molecule has 0 saturated carbocycles. The number of hydrogen-bond donors (Lipinski definition) is 0. The van der Waals surface area contributed by atoms with Crippen LogP contribution in [0.3, 0.4) is 0 Å². The highest BCUT2D eigenvalue weighted by atomic mass is 79.9. The Morgan fingerprint density at radius 1 is 1.11 bits per heavy atom. The largest absolute Gasteiger partial charge is 0.207 e. The van der Waals surface area contributed by atoms with Gasteiger partial charge in [0.05, 0.1) is 4.83 Å². The quantitative estimate of drug-likeness (QED) is 0.469. The second-order valence-corrected chi connectivity index (χ2v) is 6.76. The summed E-state index contributed by atoms with van der Waals surface area (Å²) in [4.78, 5) is -0.133. The molecular weight excluding hydrogens is 418 g/mol. The van der Waals surface area contributed by atoms with Crippen molar-refractivity contribution < 1.29 is 4.39 Å². The number of rotatable bonds is 2. The maximum atomic E-state index is 13.4. The van der Waals surface area contributed by atoms with Gasteiger partial charge in [-0.05, 0) is 41.8 Å². The summed E-state index contributed by atoms with van der Waals surface area (Å²) in [5.74, 6) is -0.302. The van der Waals surface area contributed by atoms with Crippen molar-refractivity contribution in [2.45, 2.75) is 11.8 Å². The van der Waals surface area contributed by atoms with E-state index in [2.05, 4.69) is 31.9 Å². The monoisotopic (exact) mass is 424 g/mol. The molecule has 0 amide bonds. The van der Waals surface area contributed by atoms with Gasteiger partial charge in [-0.3, -0.25) is 0 Å². The lowest BCUT2D eigenvalue weighted by molar-refractivity contribution is 0.618. The fourth-order valence-electron chi connectivity index (χ4n) is 1.75. The van der Waals surface area contributed by atoms with Crippen LogP contribution in [0.1, 0.15) is 21.5 Å². The number of alkyl halides is 1. The van der Waals surface area contributed by atoms with Gasteiger partial charge in [-0.25, -0.2) is 4.39 Å². The third kappa shape index (κ3) is 3.33. The smallest absolute Gasteiger partial charge is 0.127 e. The first kappa shape index (κ1) is 15.3. The van der Waals surface area contributed by atoms with Gasteiger partial charge in [0, 0.05) is 14.5 Å². The second kappa shape index (κ2) is 6.13. The molecular formula is C14H9Br2Cl2F. The van der Waals surface area contributed by atoms with Crippen LogP contribution in [0.15, 0.2) is 34.8 Å². The predicted molar refractivity (Wildman–Crippen MR) is 86.1 cm³/mol. The SMILES string of the molecule is Cc1cc(C(Br)c2ccc(Cl)cc2Br)c(Cl)cc1F. The van der Waals surface area contributed by atoms with Crippen molar-refractivity contribution in [1.29, 1.82) is 0 Å². The van der Waals surface area contributed by atoms with E-state index in [4.69, 9.17) is 23.2 Å². The summed E-state index contributed by atoms with van der Waals surface area (Å²) in [5, 5.41) is 1.04. The first-order valence-corrected chi connectivity index (χ1v) is 7.91. The molecule has 0 saturated heterocycles. The van der Waals surface area contributed by atoms with E-state index in [0.717, 1.165) is 15.6 Å². The highest BCUT2D eigenvalue weighted by Gasteiger charge is 2.18. The van der Waals surface area contributed by atoms with Crippen molar-refractivity contribution in [1.82, 2.24) is 0 Å². The van der Waals surface area contributed by atoms with Crippen LogP contribution in [-0.2, 0) is 0 Å². The van der Waals surface area contributed by atoms with Crippen LogP contribution in [0.2, 0.25) is 10.0 Å². The van der Waals surface area contributed by atoms with Gasteiger partial charge in [0.1, 0.15) is 5.82 Å². The molecule has 0 aromatic heterocycles. The Morgan fingerprint density at radius 2 is 1.79 bits per heavy atom. The molecule has 0 aliphatic heterocycles. The molecule has 0 aliphatic rings. The molecule has 0 nitrogen and oxygen atoms in total. The molecule has 2 aromatic rings. The highest BCUT2D eigenvalue weighted by molar-refractivity contribution is 9.11. The fourth-order valence-corrected chi connectivity index (χ4v) is 4.14. The minimum absolute atomic E-state index is 0.133. The second-order valence-electron chi connectivity index (χ2n) is 4.15. The number of halogens is 5. The minimum Gasteiger partial charge on any atom is -0.207 e. The molecule has 1 atom stereocenters. The van der Waals surface area contributed by atoms with Crippen molar-refractivity contribution in [3.8, 4) is 0 Å². The Kier molecular flexibility index (Phi) is 4.93. The zero-order valence-electron chi connectivity index (χ0n) is 9.85. The summed E-state index contributed by atoms with van der Waals surface area (Å²) in [6.07, 6.45) is 0. The fraction of sp³-hybridized carbons (Fsp3) is 0.143. The van der Waals surface area contributed by atoms with Gasteiger partial charge in [-0.2, -0.15) is 0 Å². The summed E-state index contributed by atoms with van der Waals surface area (Å²) >= 11 is 19.1. The lowest BCUT2D eigenvalue weighted by Gasteiger charge is -2.15. The van der Waals surface area contributed by atoms with Crippen molar-refractivity contribution in [2.24, 2.45) is 0 Å². The molecule has 0 spiro atoms. The van der Waals surface area contributed by atoms with Gasteiger partial charge in [-0.1, -0.05) is 67.2 Å². The first-order chi connectivity index (χ1) is 8.90. The summed E-state index contributed by atoms with van der Waals surface area (Å²) < 4.78 is 14.3. The topological polar surface area (TPSA) is 0 Å². The van der Waals surface area contributed by atoms with Gasteiger partial charge < -0.3 is 0 Å². The summed E-state index contributed by atoms with van der Waals surface area (Å²) in [5.41, 5.74) is 2.37. The van der Waals surface area contributed by atoms with Gasteiger partial charge >= 0.3 is 0 Å². The van der Waals surface area contributed by atoms with Gasteiger partial charge in [-0.15, -0.1) is 0 Å². The average Bonchev–Trinajstić information content (AvgIpc) is 2.33. The van der Waals surface area contributed by atoms with Gasteiger partial charge in [0.2, 0.25) is 0 Å². The van der Waals surface area contributed by atoms with Crippen LogP contribution in [0.25, 0.3) is 0 Å². The molecule has 100 valence electrons. The van der Waals surface area contributed by atoms with E-state index in [1.54, 1.807) is 19.1 Å². The van der Waals surface area contributed by atoms with Crippen LogP contribution < -0.4 is 0 Å². The van der Waals surface area contributed by atoms with Crippen LogP contribution in [0, 0.1) is 12.7 Å². The van der Waals surface area contributed by atoms with Crippen LogP contribution >= 0.6 is 55.1 Å². The Labute approximate surface area is 138 Å². The van der Waals surface area contributed by atoms with Crippen molar-refractivity contribution >= 4 is 55.1 Å². The van der Waals surface area contributed by atoms with Crippen molar-refractivity contribution in [3.05, 3.63) is 67.4 Å². The summed E-state index contributed by atoms with van der Waals surface area (Å²) in [7, 11) is 0. The van der Waals surface area contributed by atoms with E-state index < -0.39 is 0 Å².